The number of hydrogen-bond acceptors (Lipinski definition) is 3. The Labute approximate surface area is 98.9 Å². The molecule has 17 heavy (non-hydrogen) atoms. The van der Waals surface area contributed by atoms with Crippen LogP contribution in [0.4, 0.5) is 0 Å². The van der Waals surface area contributed by atoms with Crippen LogP contribution in [-0.2, 0) is 4.79 Å². The maximum atomic E-state index is 10.3. The van der Waals surface area contributed by atoms with Crippen molar-refractivity contribution in [1.82, 2.24) is 4.98 Å². The first kappa shape index (κ1) is 11.4. The summed E-state index contributed by atoms with van der Waals surface area (Å²) in [5.74, 6) is -0.126. The van der Waals surface area contributed by atoms with Gasteiger partial charge in [-0.25, -0.2) is 0 Å². The Balaban J connectivity index is 1.97. The highest BCUT2D eigenvalue weighted by atomic mass is 16.5. The monoisotopic (exact) mass is 231 g/mol. The zero-order chi connectivity index (χ0) is 12.1. The minimum atomic E-state index is -0.801. The summed E-state index contributed by atoms with van der Waals surface area (Å²) in [5.41, 5.74) is 0.922. The highest BCUT2D eigenvalue weighted by Gasteiger charge is 2.00. The molecule has 0 saturated carbocycles. The quantitative estimate of drug-likeness (QED) is 0.803. The molecule has 0 saturated heterocycles. The van der Waals surface area contributed by atoms with Crippen molar-refractivity contribution < 1.29 is 14.6 Å². The smallest absolute Gasteiger partial charge is 0.303 e. The Hall–Kier alpha value is -2.10. The summed E-state index contributed by atoms with van der Waals surface area (Å²) in [5, 5.41) is 9.50. The topological polar surface area (TPSA) is 59.4 Å². The molecule has 0 aliphatic rings. The molecular weight excluding hydrogens is 218 g/mol. The molecule has 1 aromatic carbocycles. The van der Waals surface area contributed by atoms with Crippen LogP contribution in [0.25, 0.3) is 10.9 Å². The van der Waals surface area contributed by atoms with Crippen LogP contribution in [0.5, 0.6) is 5.75 Å². The standard InChI is InChI=1S/C13H13NO3/c15-13(16)6-3-7-17-11-8-10-4-1-2-5-12(10)14-9-11/h1-2,4-5,8-9H,3,6-7H2,(H,15,16). The number of carbonyl (C=O) groups is 1. The molecule has 0 aliphatic carbocycles. The van der Waals surface area contributed by atoms with E-state index in [1.54, 1.807) is 6.20 Å². The number of fused-ring (bicyclic) bond motifs is 1. The average molecular weight is 231 g/mol. The second-order valence-electron chi connectivity index (χ2n) is 3.71. The fraction of sp³-hybridized carbons (Fsp3) is 0.231. The van der Waals surface area contributed by atoms with Crippen LogP contribution in [0, 0.1) is 0 Å². The Morgan fingerprint density at radius 1 is 1.35 bits per heavy atom. The summed E-state index contributed by atoms with van der Waals surface area (Å²) in [6, 6.07) is 9.68. The molecule has 2 rings (SSSR count). The highest BCUT2D eigenvalue weighted by Crippen LogP contribution is 2.17. The molecule has 1 heterocycles. The van der Waals surface area contributed by atoms with E-state index in [2.05, 4.69) is 4.98 Å². The number of benzene rings is 1. The normalized spacial score (nSPS) is 10.4. The van der Waals surface area contributed by atoms with E-state index in [0.717, 1.165) is 10.9 Å². The lowest BCUT2D eigenvalue weighted by molar-refractivity contribution is -0.137. The first-order valence-corrected chi connectivity index (χ1v) is 5.45. The number of carboxylic acids is 1. The molecule has 4 nitrogen and oxygen atoms in total. The first-order chi connectivity index (χ1) is 8.25. The Bertz CT molecular complexity index is 525. The second kappa shape index (κ2) is 5.30. The molecule has 4 heteroatoms. The number of para-hydroxylation sites is 1. The molecule has 0 spiro atoms. The van der Waals surface area contributed by atoms with Gasteiger partial charge in [-0.2, -0.15) is 0 Å². The van der Waals surface area contributed by atoms with E-state index < -0.39 is 5.97 Å². The number of rotatable bonds is 5. The number of aliphatic carboxylic acids is 1. The van der Waals surface area contributed by atoms with Crippen molar-refractivity contribution in [3.63, 3.8) is 0 Å². The number of carboxylic acid groups (broad SMARTS) is 1. The van der Waals surface area contributed by atoms with Crippen molar-refractivity contribution in [2.45, 2.75) is 12.8 Å². The predicted octanol–water partition coefficient (Wildman–Crippen LogP) is 2.48. The lowest BCUT2D eigenvalue weighted by Crippen LogP contribution is -2.02. The molecule has 88 valence electrons. The lowest BCUT2D eigenvalue weighted by atomic mass is 10.2. The number of pyridine rings is 1. The number of ether oxygens (including phenoxy) is 1. The molecule has 0 atom stereocenters. The molecule has 0 amide bonds. The van der Waals surface area contributed by atoms with Gasteiger partial charge < -0.3 is 9.84 Å². The first-order valence-electron chi connectivity index (χ1n) is 5.45. The average Bonchev–Trinajstić information content (AvgIpc) is 2.34. The van der Waals surface area contributed by atoms with Crippen LogP contribution in [0.3, 0.4) is 0 Å². The molecule has 1 aromatic heterocycles. The summed E-state index contributed by atoms with van der Waals surface area (Å²) < 4.78 is 5.44. The Morgan fingerprint density at radius 3 is 3.00 bits per heavy atom. The zero-order valence-corrected chi connectivity index (χ0v) is 9.30. The van der Waals surface area contributed by atoms with Crippen molar-refractivity contribution in [2.24, 2.45) is 0 Å². The fourth-order valence-electron chi connectivity index (χ4n) is 1.54. The molecule has 0 bridgehead atoms. The number of nitrogens with zero attached hydrogens (tertiary/aromatic N) is 1. The molecule has 2 aromatic rings. The minimum absolute atomic E-state index is 0.126. The van der Waals surface area contributed by atoms with Crippen LogP contribution in [-0.4, -0.2) is 22.7 Å². The summed E-state index contributed by atoms with van der Waals surface area (Å²) in [6.45, 7) is 0.395. The van der Waals surface area contributed by atoms with E-state index in [9.17, 15) is 4.79 Å². The third-order valence-electron chi connectivity index (χ3n) is 2.37. The highest BCUT2D eigenvalue weighted by molar-refractivity contribution is 5.79. The fourth-order valence-corrected chi connectivity index (χ4v) is 1.54. The summed E-state index contributed by atoms with van der Waals surface area (Å²) in [4.78, 5) is 14.6. The van der Waals surface area contributed by atoms with Crippen LogP contribution >= 0.6 is 0 Å². The van der Waals surface area contributed by atoms with Gasteiger partial charge in [0.1, 0.15) is 5.75 Å². The SMILES string of the molecule is O=C(O)CCCOc1cnc2ccccc2c1. The third kappa shape index (κ3) is 3.17. The minimum Gasteiger partial charge on any atom is -0.492 e. The van der Waals surface area contributed by atoms with E-state index in [1.165, 1.54) is 0 Å². The molecule has 0 unspecified atom stereocenters. The van der Waals surface area contributed by atoms with E-state index in [0.29, 0.717) is 18.8 Å². The second-order valence-corrected chi connectivity index (χ2v) is 3.71. The van der Waals surface area contributed by atoms with E-state index in [1.807, 2.05) is 30.3 Å². The number of aromatic nitrogens is 1. The van der Waals surface area contributed by atoms with Gasteiger partial charge >= 0.3 is 5.97 Å². The van der Waals surface area contributed by atoms with Gasteiger partial charge in [0.25, 0.3) is 0 Å². The van der Waals surface area contributed by atoms with Gasteiger partial charge in [0, 0.05) is 11.8 Å². The van der Waals surface area contributed by atoms with E-state index in [-0.39, 0.29) is 6.42 Å². The van der Waals surface area contributed by atoms with E-state index >= 15 is 0 Å². The van der Waals surface area contributed by atoms with Gasteiger partial charge in [-0.05, 0) is 18.6 Å². The van der Waals surface area contributed by atoms with Gasteiger partial charge in [-0.3, -0.25) is 9.78 Å². The van der Waals surface area contributed by atoms with Crippen molar-refractivity contribution >= 4 is 16.9 Å². The van der Waals surface area contributed by atoms with Gasteiger partial charge in [-0.15, -0.1) is 0 Å². The number of hydrogen-bond donors (Lipinski definition) is 1. The van der Waals surface area contributed by atoms with Gasteiger partial charge in [0.15, 0.2) is 0 Å². The van der Waals surface area contributed by atoms with Gasteiger partial charge in [0.05, 0.1) is 18.3 Å². The third-order valence-corrected chi connectivity index (χ3v) is 2.37. The molecule has 0 fully saturated rings. The van der Waals surface area contributed by atoms with Crippen molar-refractivity contribution in [3.8, 4) is 5.75 Å². The van der Waals surface area contributed by atoms with Crippen molar-refractivity contribution in [3.05, 3.63) is 36.5 Å². The van der Waals surface area contributed by atoms with Gasteiger partial charge in [0.2, 0.25) is 0 Å². The zero-order valence-electron chi connectivity index (χ0n) is 9.30. The molecule has 1 N–H and O–H groups in total. The molecule has 0 radical (unpaired) electrons. The maximum Gasteiger partial charge on any atom is 0.303 e. The van der Waals surface area contributed by atoms with E-state index in [4.69, 9.17) is 9.84 Å². The van der Waals surface area contributed by atoms with Crippen LogP contribution in [0.2, 0.25) is 0 Å². The summed E-state index contributed by atoms with van der Waals surface area (Å²) >= 11 is 0. The largest absolute Gasteiger partial charge is 0.492 e. The van der Waals surface area contributed by atoms with Crippen molar-refractivity contribution in [1.29, 1.82) is 0 Å². The summed E-state index contributed by atoms with van der Waals surface area (Å²) in [6.07, 6.45) is 2.28. The summed E-state index contributed by atoms with van der Waals surface area (Å²) in [7, 11) is 0. The molecular formula is C13H13NO3. The van der Waals surface area contributed by atoms with Crippen LogP contribution in [0.1, 0.15) is 12.8 Å². The predicted molar refractivity (Wildman–Crippen MR) is 64.1 cm³/mol. The van der Waals surface area contributed by atoms with Crippen LogP contribution < -0.4 is 4.74 Å². The maximum absolute atomic E-state index is 10.3. The molecule has 0 aliphatic heterocycles. The van der Waals surface area contributed by atoms with Crippen molar-refractivity contribution in [2.75, 3.05) is 6.61 Å². The van der Waals surface area contributed by atoms with Crippen LogP contribution in [0.15, 0.2) is 36.5 Å². The lowest BCUT2D eigenvalue weighted by Gasteiger charge is -2.05. The Morgan fingerprint density at radius 2 is 2.18 bits per heavy atom. The van der Waals surface area contributed by atoms with Gasteiger partial charge in [-0.1, -0.05) is 18.2 Å². The Kier molecular flexibility index (Phi) is 3.55.